The molecule has 4 aromatic rings. The summed E-state index contributed by atoms with van der Waals surface area (Å²) in [7, 11) is 3.10. The van der Waals surface area contributed by atoms with Crippen molar-refractivity contribution in [3.63, 3.8) is 0 Å². The first-order chi connectivity index (χ1) is 17.2. The highest BCUT2D eigenvalue weighted by atomic mass is 19.1. The lowest BCUT2D eigenvalue weighted by molar-refractivity contribution is -0.111. The second-order valence-corrected chi connectivity index (χ2v) is 8.44. The number of methoxy groups -OCH3 is 2. The lowest BCUT2D eigenvalue weighted by Gasteiger charge is -2.18. The second kappa shape index (κ2) is 10.0. The zero-order valence-electron chi connectivity index (χ0n) is 20.5. The Morgan fingerprint density at radius 3 is 2.36 bits per heavy atom. The molecule has 1 amide bonds. The lowest BCUT2D eigenvalue weighted by Crippen LogP contribution is -2.24. The average Bonchev–Trinajstić information content (AvgIpc) is 2.88. The van der Waals surface area contributed by atoms with Gasteiger partial charge in [-0.15, -0.1) is 0 Å². The molecule has 0 spiro atoms. The number of amides is 1. The fraction of sp³-hybridized carbons (Fsp3) is 0.179. The van der Waals surface area contributed by atoms with Crippen molar-refractivity contribution < 1.29 is 18.7 Å². The molecule has 36 heavy (non-hydrogen) atoms. The van der Waals surface area contributed by atoms with Gasteiger partial charge in [-0.2, -0.15) is 0 Å². The van der Waals surface area contributed by atoms with Gasteiger partial charge in [0.1, 0.15) is 17.3 Å². The number of nitrogens with one attached hydrogen (secondary N) is 1. The third-order valence-electron chi connectivity index (χ3n) is 5.79. The average molecular weight is 488 g/mol. The topological polar surface area (TPSA) is 82.5 Å². The van der Waals surface area contributed by atoms with Crippen molar-refractivity contribution in [3.05, 3.63) is 83.6 Å². The molecule has 0 aliphatic rings. The van der Waals surface area contributed by atoms with Crippen LogP contribution in [-0.2, 0) is 4.79 Å². The Kier molecular flexibility index (Phi) is 6.87. The third-order valence-corrected chi connectivity index (χ3v) is 5.79. The summed E-state index contributed by atoms with van der Waals surface area (Å²) in [6, 6.07) is 12.8. The van der Waals surface area contributed by atoms with Crippen molar-refractivity contribution >= 4 is 22.5 Å². The van der Waals surface area contributed by atoms with Gasteiger partial charge in [0.2, 0.25) is 5.91 Å². The number of benzene rings is 2. The summed E-state index contributed by atoms with van der Waals surface area (Å²) in [5.74, 6) is 0.214. The number of aromatic nitrogens is 2. The van der Waals surface area contributed by atoms with Crippen LogP contribution in [0.2, 0.25) is 0 Å². The number of pyridine rings is 2. The van der Waals surface area contributed by atoms with Gasteiger partial charge in [-0.25, -0.2) is 4.39 Å². The number of carbonyl (C=O) groups is 1. The van der Waals surface area contributed by atoms with Gasteiger partial charge in [-0.1, -0.05) is 6.58 Å². The Balaban J connectivity index is 1.92. The minimum absolute atomic E-state index is 0.189. The fourth-order valence-electron chi connectivity index (χ4n) is 4.05. The van der Waals surface area contributed by atoms with Crippen LogP contribution in [0, 0.1) is 5.82 Å². The van der Waals surface area contributed by atoms with Crippen LogP contribution in [-0.4, -0.2) is 29.7 Å². The highest BCUT2D eigenvalue weighted by Crippen LogP contribution is 2.32. The summed E-state index contributed by atoms with van der Waals surface area (Å²) in [6.07, 6.45) is 2.74. The van der Waals surface area contributed by atoms with Gasteiger partial charge < -0.3 is 19.4 Å². The van der Waals surface area contributed by atoms with Crippen molar-refractivity contribution in [1.29, 1.82) is 0 Å². The molecule has 0 aliphatic heterocycles. The van der Waals surface area contributed by atoms with Crippen LogP contribution in [0.3, 0.4) is 0 Å². The summed E-state index contributed by atoms with van der Waals surface area (Å²) >= 11 is 0. The molecule has 0 saturated heterocycles. The molecule has 8 heteroatoms. The molecule has 0 fully saturated rings. The highest BCUT2D eigenvalue weighted by molar-refractivity contribution is 5.99. The minimum Gasteiger partial charge on any atom is -0.497 e. The molecule has 0 unspecified atom stereocenters. The van der Waals surface area contributed by atoms with Crippen LogP contribution in [0.4, 0.5) is 10.1 Å². The molecular weight excluding hydrogens is 461 g/mol. The predicted octanol–water partition coefficient (Wildman–Crippen LogP) is 5.59. The number of rotatable bonds is 7. The molecular formula is C28H26FN3O4. The van der Waals surface area contributed by atoms with Crippen molar-refractivity contribution in [1.82, 2.24) is 9.55 Å². The van der Waals surface area contributed by atoms with Gasteiger partial charge in [-0.05, 0) is 68.0 Å². The largest absolute Gasteiger partial charge is 0.497 e. The number of ether oxygens (including phenoxy) is 2. The van der Waals surface area contributed by atoms with E-state index in [9.17, 15) is 14.0 Å². The van der Waals surface area contributed by atoms with Crippen LogP contribution in [0.25, 0.3) is 33.3 Å². The lowest BCUT2D eigenvalue weighted by atomic mass is 10.0. The predicted molar refractivity (Wildman–Crippen MR) is 139 cm³/mol. The minimum atomic E-state index is -0.503. The molecule has 0 saturated carbocycles. The number of fused-ring (bicyclic) bond motifs is 1. The van der Waals surface area contributed by atoms with Crippen LogP contribution in [0.5, 0.6) is 11.5 Å². The van der Waals surface area contributed by atoms with Crippen molar-refractivity contribution in [2.45, 2.75) is 19.9 Å². The smallest absolute Gasteiger partial charge is 0.259 e. The van der Waals surface area contributed by atoms with Crippen LogP contribution < -0.4 is 20.3 Å². The number of hydrogen-bond acceptors (Lipinski definition) is 5. The number of carbonyl (C=O) groups excluding carboxylic acids is 1. The Morgan fingerprint density at radius 2 is 1.75 bits per heavy atom. The zero-order valence-corrected chi connectivity index (χ0v) is 20.5. The van der Waals surface area contributed by atoms with E-state index in [0.29, 0.717) is 44.9 Å². The van der Waals surface area contributed by atoms with E-state index in [1.54, 1.807) is 55.3 Å². The molecule has 2 aromatic heterocycles. The van der Waals surface area contributed by atoms with Crippen molar-refractivity contribution in [3.8, 4) is 33.9 Å². The molecule has 0 radical (unpaired) electrons. The molecule has 7 nitrogen and oxygen atoms in total. The van der Waals surface area contributed by atoms with E-state index in [4.69, 9.17) is 9.47 Å². The molecule has 184 valence electrons. The van der Waals surface area contributed by atoms with Crippen LogP contribution >= 0.6 is 0 Å². The monoisotopic (exact) mass is 487 g/mol. The summed E-state index contributed by atoms with van der Waals surface area (Å²) < 4.78 is 27.2. The highest BCUT2D eigenvalue weighted by Gasteiger charge is 2.17. The summed E-state index contributed by atoms with van der Waals surface area (Å²) in [6.45, 7) is 7.24. The first kappa shape index (κ1) is 24.7. The Hall–Kier alpha value is -4.46. The van der Waals surface area contributed by atoms with Gasteiger partial charge in [0, 0.05) is 40.5 Å². The quantitative estimate of drug-likeness (QED) is 0.344. The van der Waals surface area contributed by atoms with E-state index in [1.807, 2.05) is 13.8 Å². The van der Waals surface area contributed by atoms with Gasteiger partial charge in [-0.3, -0.25) is 14.6 Å². The molecule has 0 atom stereocenters. The zero-order chi connectivity index (χ0) is 26.0. The standard InChI is InChI=1S/C28H26FN3O4/c1-6-27(33)31-19-7-8-24(29)23(12-19)25-14-26-18(15-30-25)11-22(28(34)32(26)16(2)3)17-9-20(35-4)13-21(10-17)36-5/h6-16H,1H2,2-5H3,(H,31,33). The summed E-state index contributed by atoms with van der Waals surface area (Å²) in [5.41, 5.74) is 2.44. The van der Waals surface area contributed by atoms with Gasteiger partial charge in [0.05, 0.1) is 25.4 Å². The third kappa shape index (κ3) is 4.70. The molecule has 1 N–H and O–H groups in total. The molecule has 2 heterocycles. The summed E-state index contributed by atoms with van der Waals surface area (Å²) in [4.78, 5) is 29.8. The Labute approximate surface area is 207 Å². The first-order valence-electron chi connectivity index (χ1n) is 11.3. The van der Waals surface area contributed by atoms with Crippen LogP contribution in [0.1, 0.15) is 19.9 Å². The SMILES string of the molecule is C=CC(=O)Nc1ccc(F)c(-c2cc3c(cn2)cc(-c2cc(OC)cc(OC)c2)c(=O)n3C(C)C)c1. The second-order valence-electron chi connectivity index (χ2n) is 8.44. The fourth-order valence-corrected chi connectivity index (χ4v) is 4.05. The van der Waals surface area contributed by atoms with E-state index in [1.165, 1.54) is 18.2 Å². The van der Waals surface area contributed by atoms with E-state index < -0.39 is 11.7 Å². The van der Waals surface area contributed by atoms with E-state index >= 15 is 0 Å². The van der Waals surface area contributed by atoms with Crippen LogP contribution in [0.15, 0.2) is 72.2 Å². The van der Waals surface area contributed by atoms with E-state index in [-0.39, 0.29) is 17.2 Å². The first-order valence-corrected chi connectivity index (χ1v) is 11.3. The normalized spacial score (nSPS) is 10.9. The Bertz CT molecular complexity index is 1520. The maximum atomic E-state index is 14.8. The van der Waals surface area contributed by atoms with Gasteiger partial charge >= 0.3 is 0 Å². The molecule has 0 aliphatic carbocycles. The maximum Gasteiger partial charge on any atom is 0.259 e. The van der Waals surface area contributed by atoms with Gasteiger partial charge in [0.25, 0.3) is 5.56 Å². The van der Waals surface area contributed by atoms with Crippen molar-refractivity contribution in [2.75, 3.05) is 19.5 Å². The Morgan fingerprint density at radius 1 is 1.06 bits per heavy atom. The number of halogens is 1. The van der Waals surface area contributed by atoms with Crippen molar-refractivity contribution in [2.24, 2.45) is 0 Å². The summed E-state index contributed by atoms with van der Waals surface area (Å²) in [5, 5.41) is 3.33. The number of anilines is 1. The van der Waals surface area contributed by atoms with E-state index in [0.717, 1.165) is 6.08 Å². The molecule has 4 rings (SSSR count). The molecule has 2 aromatic carbocycles. The van der Waals surface area contributed by atoms with Gasteiger partial charge in [0.15, 0.2) is 0 Å². The number of hydrogen-bond donors (Lipinski definition) is 1. The number of nitrogens with zero attached hydrogens (tertiary/aromatic N) is 2. The molecule has 0 bridgehead atoms. The van der Waals surface area contributed by atoms with E-state index in [2.05, 4.69) is 16.9 Å². The maximum absolute atomic E-state index is 14.8.